The average Bonchev–Trinajstić information content (AvgIpc) is 3.75. The van der Waals surface area contributed by atoms with Crippen molar-refractivity contribution >= 4 is 41.1 Å². The van der Waals surface area contributed by atoms with Crippen LogP contribution in [0.1, 0.15) is 40.7 Å². The smallest absolute Gasteiger partial charge is 0.274 e. The van der Waals surface area contributed by atoms with Gasteiger partial charge >= 0.3 is 0 Å². The number of amides is 5. The first-order valence-corrected chi connectivity index (χ1v) is 16.2. The van der Waals surface area contributed by atoms with Crippen LogP contribution in [0.2, 0.25) is 5.02 Å². The molecule has 1 aliphatic rings. The van der Waals surface area contributed by atoms with Crippen molar-refractivity contribution in [2.45, 2.75) is 57.4 Å². The normalized spacial score (nSPS) is 19.6. The summed E-state index contributed by atoms with van der Waals surface area (Å²) in [7, 11) is 0. The highest BCUT2D eigenvalue weighted by Crippen LogP contribution is 2.12. The van der Waals surface area contributed by atoms with Crippen molar-refractivity contribution in [1.82, 2.24) is 41.1 Å². The molecule has 14 nitrogen and oxygen atoms in total. The topological polar surface area (TPSA) is 181 Å². The van der Waals surface area contributed by atoms with Gasteiger partial charge in [-0.05, 0) is 18.1 Å². The van der Waals surface area contributed by atoms with Crippen LogP contribution in [0.5, 0.6) is 0 Å². The lowest BCUT2D eigenvalue weighted by Crippen LogP contribution is -2.57. The van der Waals surface area contributed by atoms with Crippen LogP contribution in [0.3, 0.4) is 0 Å². The second-order valence-corrected chi connectivity index (χ2v) is 12.1. The quantitative estimate of drug-likeness (QED) is 0.226. The van der Waals surface area contributed by atoms with E-state index in [4.69, 9.17) is 16.1 Å². The molecule has 4 N–H and O–H groups in total. The fourth-order valence-electron chi connectivity index (χ4n) is 5.26. The number of benzene rings is 2. The summed E-state index contributed by atoms with van der Waals surface area (Å²) in [6, 6.07) is 16.6. The number of carbonyl (C=O) groups excluding carboxylic acids is 5. The summed E-state index contributed by atoms with van der Waals surface area (Å²) >= 11 is 5.96. The van der Waals surface area contributed by atoms with Crippen LogP contribution in [0.4, 0.5) is 0 Å². The first-order valence-electron chi connectivity index (χ1n) is 15.8. The van der Waals surface area contributed by atoms with E-state index in [2.05, 4.69) is 31.5 Å². The standard InChI is InChI=1S/C34H37ClN8O6/c1-22-31(45)39-28(17-24-10-6-3-7-11-24)33(47)40-27(16-23-8-4-2-5-9-23)32(46)36-13-15-42(21-26-18-29(41-49-26)34(48)38-22)30(44)12-14-43-20-25(35)19-37-43/h2-11,18-20,22,27-28H,12-17,21H2,1H3,(H,36,46)(H,38,48)(H,39,45)(H,40,47)/t22-,27+,28-/m0/s1. The van der Waals surface area contributed by atoms with Gasteiger partial charge in [0.1, 0.15) is 18.1 Å². The molecule has 0 unspecified atom stereocenters. The Kier molecular flexibility index (Phi) is 11.8. The van der Waals surface area contributed by atoms with Crippen LogP contribution in [-0.4, -0.2) is 80.6 Å². The summed E-state index contributed by atoms with van der Waals surface area (Å²) in [5.74, 6) is -2.39. The number of aromatic nitrogens is 3. The number of nitrogens with zero attached hydrogens (tertiary/aromatic N) is 4. The Bertz CT molecular complexity index is 1760. The molecule has 256 valence electrons. The molecule has 0 fully saturated rings. The maximum Gasteiger partial charge on any atom is 0.274 e. The van der Waals surface area contributed by atoms with Gasteiger partial charge in [0.05, 0.1) is 17.8 Å². The van der Waals surface area contributed by atoms with E-state index in [0.29, 0.717) is 5.02 Å². The minimum absolute atomic E-state index is 0.0442. The van der Waals surface area contributed by atoms with E-state index in [1.54, 1.807) is 10.9 Å². The third kappa shape index (κ3) is 10.00. The monoisotopic (exact) mass is 688 g/mol. The molecule has 1 aliphatic heterocycles. The maximum atomic E-state index is 13.8. The third-order valence-electron chi connectivity index (χ3n) is 7.90. The predicted molar refractivity (Wildman–Crippen MR) is 178 cm³/mol. The van der Waals surface area contributed by atoms with E-state index in [-0.39, 0.29) is 62.8 Å². The highest BCUT2D eigenvalue weighted by atomic mass is 35.5. The van der Waals surface area contributed by atoms with Gasteiger partial charge in [-0.2, -0.15) is 5.10 Å². The number of rotatable bonds is 7. The first-order chi connectivity index (χ1) is 23.6. The number of fused-ring (bicyclic) bond motifs is 2. The molecule has 5 amide bonds. The molecule has 5 rings (SSSR count). The molecule has 4 aromatic rings. The maximum absolute atomic E-state index is 13.8. The minimum atomic E-state index is -1.07. The highest BCUT2D eigenvalue weighted by Gasteiger charge is 2.30. The van der Waals surface area contributed by atoms with Gasteiger partial charge in [-0.15, -0.1) is 0 Å². The molecular weight excluding hydrogens is 652 g/mol. The van der Waals surface area contributed by atoms with Crippen LogP contribution in [0.15, 0.2) is 83.6 Å². The Morgan fingerprint density at radius 3 is 2.16 bits per heavy atom. The number of nitrogens with one attached hydrogen (secondary N) is 4. The number of hydrogen-bond acceptors (Lipinski definition) is 8. The van der Waals surface area contributed by atoms with E-state index in [0.717, 1.165) is 11.1 Å². The summed E-state index contributed by atoms with van der Waals surface area (Å²) in [6.07, 6.45) is 3.44. The Morgan fingerprint density at radius 2 is 1.53 bits per heavy atom. The van der Waals surface area contributed by atoms with Gasteiger partial charge < -0.3 is 30.7 Å². The average molecular weight is 689 g/mol. The van der Waals surface area contributed by atoms with Gasteiger partial charge in [0.15, 0.2) is 11.5 Å². The molecule has 3 atom stereocenters. The second-order valence-electron chi connectivity index (χ2n) is 11.7. The molecule has 3 heterocycles. The van der Waals surface area contributed by atoms with Gasteiger partial charge in [0.25, 0.3) is 5.91 Å². The number of halogens is 1. The minimum Gasteiger partial charge on any atom is -0.359 e. The molecule has 2 bridgehead atoms. The van der Waals surface area contributed by atoms with Gasteiger partial charge in [0.2, 0.25) is 23.6 Å². The SMILES string of the molecule is C[C@@H]1NC(=O)c2cc(on2)CN(C(=O)CCn2cc(Cl)cn2)CCNC(=O)[C@@H](Cc2ccccc2)NC(=O)[C@H](Cc2ccccc2)NC1=O. The van der Waals surface area contributed by atoms with Gasteiger partial charge in [-0.25, -0.2) is 0 Å². The van der Waals surface area contributed by atoms with Crippen molar-refractivity contribution in [3.05, 3.63) is 107 Å². The van der Waals surface area contributed by atoms with E-state index in [1.807, 2.05) is 60.7 Å². The lowest BCUT2D eigenvalue weighted by atomic mass is 10.0. The van der Waals surface area contributed by atoms with Crippen molar-refractivity contribution in [3.63, 3.8) is 0 Å². The van der Waals surface area contributed by atoms with Crippen LogP contribution in [0.25, 0.3) is 0 Å². The van der Waals surface area contributed by atoms with Gasteiger partial charge in [-0.1, -0.05) is 77.4 Å². The molecule has 2 aromatic heterocycles. The Balaban J connectivity index is 1.41. The van der Waals surface area contributed by atoms with E-state index in [1.165, 1.54) is 24.1 Å². The number of carbonyl (C=O) groups is 5. The largest absolute Gasteiger partial charge is 0.359 e. The van der Waals surface area contributed by atoms with Crippen molar-refractivity contribution in [2.24, 2.45) is 0 Å². The van der Waals surface area contributed by atoms with E-state index in [9.17, 15) is 24.0 Å². The predicted octanol–water partition coefficient (Wildman–Crippen LogP) is 1.65. The second kappa shape index (κ2) is 16.6. The summed E-state index contributed by atoms with van der Waals surface area (Å²) in [5.41, 5.74) is 1.49. The Morgan fingerprint density at radius 1 is 0.898 bits per heavy atom. The zero-order valence-electron chi connectivity index (χ0n) is 26.8. The number of aryl methyl sites for hydroxylation is 1. The summed E-state index contributed by atoms with van der Waals surface area (Å²) in [4.78, 5) is 68.6. The van der Waals surface area contributed by atoms with Crippen LogP contribution in [0, 0.1) is 0 Å². The molecule has 2 aromatic carbocycles. The Hall–Kier alpha value is -5.50. The van der Waals surface area contributed by atoms with Crippen LogP contribution in [-0.2, 0) is 45.1 Å². The molecule has 0 aliphatic carbocycles. The fourth-order valence-corrected chi connectivity index (χ4v) is 5.42. The van der Waals surface area contributed by atoms with Crippen molar-refractivity contribution in [1.29, 1.82) is 0 Å². The summed E-state index contributed by atoms with van der Waals surface area (Å²) in [5, 5.41) is 19.4. The number of hydrogen-bond donors (Lipinski definition) is 4. The molecule has 49 heavy (non-hydrogen) atoms. The van der Waals surface area contributed by atoms with Gasteiger partial charge in [-0.3, -0.25) is 28.7 Å². The lowest BCUT2D eigenvalue weighted by molar-refractivity contribution is -0.133. The third-order valence-corrected chi connectivity index (χ3v) is 8.10. The summed E-state index contributed by atoms with van der Waals surface area (Å²) < 4.78 is 6.92. The lowest BCUT2D eigenvalue weighted by Gasteiger charge is -2.26. The van der Waals surface area contributed by atoms with Gasteiger partial charge in [0, 0.05) is 51.2 Å². The van der Waals surface area contributed by atoms with E-state index < -0.39 is 41.8 Å². The van der Waals surface area contributed by atoms with Crippen molar-refractivity contribution < 1.29 is 28.5 Å². The first kappa shape index (κ1) is 34.8. The molecular formula is C34H37ClN8O6. The zero-order valence-corrected chi connectivity index (χ0v) is 27.6. The Labute approximate surface area is 287 Å². The van der Waals surface area contributed by atoms with E-state index >= 15 is 0 Å². The van der Waals surface area contributed by atoms with Crippen LogP contribution >= 0.6 is 11.6 Å². The summed E-state index contributed by atoms with van der Waals surface area (Å²) in [6.45, 7) is 1.82. The van der Waals surface area contributed by atoms with Crippen molar-refractivity contribution in [3.8, 4) is 0 Å². The van der Waals surface area contributed by atoms with Crippen LogP contribution < -0.4 is 21.3 Å². The fraction of sp³-hybridized carbons (Fsp3) is 0.324. The molecule has 0 saturated carbocycles. The van der Waals surface area contributed by atoms with Crippen molar-refractivity contribution in [2.75, 3.05) is 13.1 Å². The molecule has 0 saturated heterocycles. The zero-order chi connectivity index (χ0) is 34.8. The molecule has 0 radical (unpaired) electrons. The highest BCUT2D eigenvalue weighted by molar-refractivity contribution is 6.30. The molecule has 0 spiro atoms. The molecule has 15 heteroatoms.